The largest absolute Gasteiger partial charge is 0.493 e. The first kappa shape index (κ1) is 14.3. The Labute approximate surface area is 109 Å². The Hall–Kier alpha value is -0.730. The molecule has 2 N–H and O–H groups in total. The quantitative estimate of drug-likeness (QED) is 0.807. The molecule has 0 aliphatic heterocycles. The van der Waals surface area contributed by atoms with Crippen molar-refractivity contribution >= 4 is 11.6 Å². The molecule has 0 aliphatic carbocycles. The van der Waals surface area contributed by atoms with E-state index in [4.69, 9.17) is 22.1 Å². The molecule has 96 valence electrons. The smallest absolute Gasteiger partial charge is 0.125 e. The molecule has 0 radical (unpaired) electrons. The molecule has 0 amide bonds. The van der Waals surface area contributed by atoms with Crippen LogP contribution in [-0.2, 0) is 6.54 Å². The summed E-state index contributed by atoms with van der Waals surface area (Å²) in [6.45, 7) is 7.83. The highest BCUT2D eigenvalue weighted by atomic mass is 35.5. The third-order valence-electron chi connectivity index (χ3n) is 2.61. The molecule has 0 aliphatic rings. The molecule has 2 nitrogen and oxygen atoms in total. The molecule has 1 aromatic carbocycles. The Balaban J connectivity index is 2.49. The van der Waals surface area contributed by atoms with Crippen molar-refractivity contribution in [3.63, 3.8) is 0 Å². The molecule has 0 spiro atoms. The summed E-state index contributed by atoms with van der Waals surface area (Å²) < 4.78 is 5.74. The molecule has 0 bridgehead atoms. The van der Waals surface area contributed by atoms with Crippen molar-refractivity contribution < 1.29 is 4.74 Å². The van der Waals surface area contributed by atoms with Crippen LogP contribution in [-0.4, -0.2) is 6.61 Å². The zero-order valence-electron chi connectivity index (χ0n) is 10.9. The second kappa shape index (κ2) is 6.27. The van der Waals surface area contributed by atoms with Gasteiger partial charge in [-0.05, 0) is 30.4 Å². The summed E-state index contributed by atoms with van der Waals surface area (Å²) in [4.78, 5) is 0. The predicted molar refractivity (Wildman–Crippen MR) is 73.5 cm³/mol. The summed E-state index contributed by atoms with van der Waals surface area (Å²) in [6.07, 6.45) is 2.19. The number of ether oxygens (including phenoxy) is 1. The molecule has 1 aromatic rings. The van der Waals surface area contributed by atoms with Crippen LogP contribution in [0.15, 0.2) is 18.2 Å². The van der Waals surface area contributed by atoms with Crippen LogP contribution >= 0.6 is 11.6 Å². The monoisotopic (exact) mass is 255 g/mol. The molecule has 0 fully saturated rings. The van der Waals surface area contributed by atoms with Crippen LogP contribution in [0.2, 0.25) is 5.02 Å². The van der Waals surface area contributed by atoms with Crippen molar-refractivity contribution in [2.75, 3.05) is 6.61 Å². The second-order valence-electron chi connectivity index (χ2n) is 5.43. The first-order valence-corrected chi connectivity index (χ1v) is 6.42. The number of halogens is 1. The van der Waals surface area contributed by atoms with Gasteiger partial charge >= 0.3 is 0 Å². The van der Waals surface area contributed by atoms with E-state index in [1.807, 2.05) is 18.2 Å². The number of rotatable bonds is 5. The van der Waals surface area contributed by atoms with Gasteiger partial charge in [-0.25, -0.2) is 0 Å². The van der Waals surface area contributed by atoms with Gasteiger partial charge in [-0.3, -0.25) is 0 Å². The van der Waals surface area contributed by atoms with Crippen molar-refractivity contribution in [1.29, 1.82) is 0 Å². The van der Waals surface area contributed by atoms with Gasteiger partial charge in [0.1, 0.15) is 5.75 Å². The van der Waals surface area contributed by atoms with Gasteiger partial charge in [0.25, 0.3) is 0 Å². The van der Waals surface area contributed by atoms with Gasteiger partial charge in [0.2, 0.25) is 0 Å². The fourth-order valence-electron chi connectivity index (χ4n) is 1.66. The van der Waals surface area contributed by atoms with E-state index < -0.39 is 0 Å². The Kier molecular flexibility index (Phi) is 5.29. The Bertz CT molecular complexity index is 358. The second-order valence-corrected chi connectivity index (χ2v) is 5.84. The fraction of sp³-hybridized carbons (Fsp3) is 0.571. The molecule has 1 rings (SSSR count). The first-order valence-electron chi connectivity index (χ1n) is 6.04. The number of hydrogen-bond donors (Lipinski definition) is 1. The molecule has 3 heteroatoms. The molecular formula is C14H22ClNO. The van der Waals surface area contributed by atoms with Crippen LogP contribution < -0.4 is 10.5 Å². The van der Waals surface area contributed by atoms with Gasteiger partial charge in [0.05, 0.1) is 6.61 Å². The van der Waals surface area contributed by atoms with Gasteiger partial charge in [-0.2, -0.15) is 0 Å². The topological polar surface area (TPSA) is 35.2 Å². The summed E-state index contributed by atoms with van der Waals surface area (Å²) in [7, 11) is 0. The lowest BCUT2D eigenvalue weighted by Gasteiger charge is -2.18. The normalized spacial score (nSPS) is 11.6. The summed E-state index contributed by atoms with van der Waals surface area (Å²) >= 11 is 6.05. The summed E-state index contributed by atoms with van der Waals surface area (Å²) in [5.74, 6) is 0.814. The van der Waals surface area contributed by atoms with Gasteiger partial charge in [0.15, 0.2) is 0 Å². The molecular weight excluding hydrogens is 234 g/mol. The molecule has 0 unspecified atom stereocenters. The van der Waals surface area contributed by atoms with Crippen LogP contribution in [0.3, 0.4) is 0 Å². The number of benzene rings is 1. The zero-order valence-corrected chi connectivity index (χ0v) is 11.7. The van der Waals surface area contributed by atoms with Crippen LogP contribution in [0.4, 0.5) is 0 Å². The summed E-state index contributed by atoms with van der Waals surface area (Å²) in [5.41, 5.74) is 6.91. The van der Waals surface area contributed by atoms with Gasteiger partial charge in [-0.1, -0.05) is 38.4 Å². The lowest BCUT2D eigenvalue weighted by atomic mass is 9.91. The lowest BCUT2D eigenvalue weighted by molar-refractivity contribution is 0.267. The third kappa shape index (κ3) is 4.97. The van der Waals surface area contributed by atoms with E-state index in [2.05, 4.69) is 20.8 Å². The first-order chi connectivity index (χ1) is 7.94. The predicted octanol–water partition coefficient (Wildman–Crippen LogP) is 4.00. The maximum absolute atomic E-state index is 6.05. The van der Waals surface area contributed by atoms with Crippen molar-refractivity contribution in [1.82, 2.24) is 0 Å². The standard InChI is InChI=1S/C14H22ClNO/c1-14(2,3)8-5-9-17-13-7-4-6-12(15)11(13)10-16/h4,6-7H,5,8-10,16H2,1-3H3. The van der Waals surface area contributed by atoms with Crippen LogP contribution in [0.25, 0.3) is 0 Å². The highest BCUT2D eigenvalue weighted by Gasteiger charge is 2.10. The van der Waals surface area contributed by atoms with Crippen LogP contribution in [0.1, 0.15) is 39.2 Å². The van der Waals surface area contributed by atoms with E-state index in [0.29, 0.717) is 23.6 Å². The highest BCUT2D eigenvalue weighted by molar-refractivity contribution is 6.31. The minimum absolute atomic E-state index is 0.356. The molecule has 0 aromatic heterocycles. The molecule has 0 atom stereocenters. The van der Waals surface area contributed by atoms with E-state index in [-0.39, 0.29) is 0 Å². The Morgan fingerprint density at radius 3 is 2.59 bits per heavy atom. The van der Waals surface area contributed by atoms with Crippen molar-refractivity contribution in [3.05, 3.63) is 28.8 Å². The average Bonchev–Trinajstić information content (AvgIpc) is 2.23. The SMILES string of the molecule is CC(C)(C)CCCOc1cccc(Cl)c1CN. The van der Waals surface area contributed by atoms with Crippen molar-refractivity contribution in [3.8, 4) is 5.75 Å². The fourth-order valence-corrected chi connectivity index (χ4v) is 1.90. The van der Waals surface area contributed by atoms with Crippen LogP contribution in [0, 0.1) is 5.41 Å². The minimum atomic E-state index is 0.356. The zero-order chi connectivity index (χ0) is 12.9. The van der Waals surface area contributed by atoms with Crippen molar-refractivity contribution in [2.45, 2.75) is 40.2 Å². The van der Waals surface area contributed by atoms with Gasteiger partial charge < -0.3 is 10.5 Å². The molecule has 0 saturated carbocycles. The van der Waals surface area contributed by atoms with Crippen molar-refractivity contribution in [2.24, 2.45) is 11.1 Å². The number of hydrogen-bond acceptors (Lipinski definition) is 2. The number of nitrogens with two attached hydrogens (primary N) is 1. The third-order valence-corrected chi connectivity index (χ3v) is 2.96. The minimum Gasteiger partial charge on any atom is -0.493 e. The van der Waals surface area contributed by atoms with Gasteiger partial charge in [0, 0.05) is 17.1 Å². The van der Waals surface area contributed by atoms with E-state index >= 15 is 0 Å². The molecule has 0 saturated heterocycles. The van der Waals surface area contributed by atoms with E-state index in [1.165, 1.54) is 0 Å². The maximum Gasteiger partial charge on any atom is 0.125 e. The van der Waals surface area contributed by atoms with E-state index in [1.54, 1.807) is 0 Å². The summed E-state index contributed by atoms with van der Waals surface area (Å²) in [5, 5.41) is 0.681. The Morgan fingerprint density at radius 2 is 2.00 bits per heavy atom. The Morgan fingerprint density at radius 1 is 1.29 bits per heavy atom. The summed E-state index contributed by atoms with van der Waals surface area (Å²) in [6, 6.07) is 5.65. The van der Waals surface area contributed by atoms with Crippen LogP contribution in [0.5, 0.6) is 5.75 Å². The van der Waals surface area contributed by atoms with E-state index in [0.717, 1.165) is 24.2 Å². The van der Waals surface area contributed by atoms with Gasteiger partial charge in [-0.15, -0.1) is 0 Å². The maximum atomic E-state index is 6.05. The molecule has 0 heterocycles. The lowest BCUT2D eigenvalue weighted by Crippen LogP contribution is -2.09. The highest BCUT2D eigenvalue weighted by Crippen LogP contribution is 2.26. The average molecular weight is 256 g/mol. The van der Waals surface area contributed by atoms with E-state index in [9.17, 15) is 0 Å². The molecule has 17 heavy (non-hydrogen) atoms.